The fourth-order valence-electron chi connectivity index (χ4n) is 3.58. The van der Waals surface area contributed by atoms with E-state index >= 15 is 0 Å². The summed E-state index contributed by atoms with van der Waals surface area (Å²) in [6.45, 7) is 2.39. The molecule has 152 valence electrons. The number of primary amides is 1. The number of anilines is 2. The van der Waals surface area contributed by atoms with E-state index in [2.05, 4.69) is 10.2 Å². The first-order valence-electron chi connectivity index (χ1n) is 10.3. The Bertz CT molecular complexity index is 852. The van der Waals surface area contributed by atoms with Crippen molar-refractivity contribution >= 4 is 23.2 Å². The van der Waals surface area contributed by atoms with Crippen molar-refractivity contribution in [3.05, 3.63) is 54.1 Å². The monoisotopic (exact) mass is 393 g/mol. The number of nitrogens with one attached hydrogen (secondary N) is 1. The minimum Gasteiger partial charge on any atom is -0.493 e. The lowest BCUT2D eigenvalue weighted by molar-refractivity contribution is -0.122. The summed E-state index contributed by atoms with van der Waals surface area (Å²) in [7, 11) is 0. The third-order valence-corrected chi connectivity index (χ3v) is 5.69. The Hall–Kier alpha value is -3.02. The van der Waals surface area contributed by atoms with Crippen LogP contribution in [0.2, 0.25) is 0 Å². The third kappa shape index (κ3) is 5.08. The smallest absolute Gasteiger partial charge is 0.255 e. The highest BCUT2D eigenvalue weighted by atomic mass is 16.5. The number of carbonyl (C=O) groups excluding carboxylic acids is 2. The first kappa shape index (κ1) is 19.3. The largest absolute Gasteiger partial charge is 0.493 e. The Labute approximate surface area is 171 Å². The Morgan fingerprint density at radius 3 is 2.21 bits per heavy atom. The molecule has 0 atom stereocenters. The molecule has 0 spiro atoms. The zero-order valence-electron chi connectivity index (χ0n) is 16.5. The summed E-state index contributed by atoms with van der Waals surface area (Å²) >= 11 is 0. The molecule has 2 amide bonds. The number of hydrogen-bond donors (Lipinski definition) is 2. The fraction of sp³-hybridized carbons (Fsp3) is 0.391. The van der Waals surface area contributed by atoms with Crippen molar-refractivity contribution in [2.75, 3.05) is 29.9 Å². The molecule has 1 aliphatic heterocycles. The van der Waals surface area contributed by atoms with Gasteiger partial charge in [-0.25, -0.2) is 0 Å². The van der Waals surface area contributed by atoms with Crippen LogP contribution in [0.1, 0.15) is 36.0 Å². The van der Waals surface area contributed by atoms with Crippen LogP contribution < -0.4 is 20.7 Å². The zero-order chi connectivity index (χ0) is 20.2. The molecule has 3 N–H and O–H groups in total. The summed E-state index contributed by atoms with van der Waals surface area (Å²) in [4.78, 5) is 26.0. The van der Waals surface area contributed by atoms with Crippen LogP contribution in [0, 0.1) is 11.8 Å². The van der Waals surface area contributed by atoms with Crippen molar-refractivity contribution in [2.24, 2.45) is 17.6 Å². The van der Waals surface area contributed by atoms with Crippen LogP contribution in [0.25, 0.3) is 0 Å². The van der Waals surface area contributed by atoms with Gasteiger partial charge < -0.3 is 20.7 Å². The van der Waals surface area contributed by atoms with Crippen molar-refractivity contribution in [1.82, 2.24) is 0 Å². The van der Waals surface area contributed by atoms with Crippen molar-refractivity contribution < 1.29 is 14.3 Å². The van der Waals surface area contributed by atoms with Gasteiger partial charge in [0.2, 0.25) is 5.91 Å². The van der Waals surface area contributed by atoms with Gasteiger partial charge in [-0.1, -0.05) is 0 Å². The highest BCUT2D eigenvalue weighted by molar-refractivity contribution is 6.04. The van der Waals surface area contributed by atoms with Gasteiger partial charge in [0.05, 0.1) is 6.61 Å². The van der Waals surface area contributed by atoms with E-state index in [0.29, 0.717) is 11.5 Å². The standard InChI is InChI=1S/C23H27N3O3/c24-22(27)17-11-13-26(14-12-17)20-7-5-19(6-8-20)25-23(28)18-3-9-21(10-4-18)29-15-16-1-2-16/h3-10,16-17H,1-2,11-15H2,(H2,24,27)(H,25,28). The van der Waals surface area contributed by atoms with Crippen LogP contribution in [0.4, 0.5) is 11.4 Å². The summed E-state index contributed by atoms with van der Waals surface area (Å²) in [5.41, 5.74) is 7.83. The second kappa shape index (κ2) is 8.55. The number of nitrogens with two attached hydrogens (primary N) is 1. The first-order valence-corrected chi connectivity index (χ1v) is 10.3. The summed E-state index contributed by atoms with van der Waals surface area (Å²) in [6, 6.07) is 15.1. The molecular formula is C23H27N3O3. The number of amides is 2. The van der Waals surface area contributed by atoms with Crippen molar-refractivity contribution in [3.63, 3.8) is 0 Å². The Morgan fingerprint density at radius 1 is 0.966 bits per heavy atom. The molecule has 1 saturated carbocycles. The van der Waals surface area contributed by atoms with E-state index in [4.69, 9.17) is 10.5 Å². The van der Waals surface area contributed by atoms with E-state index in [1.807, 2.05) is 36.4 Å². The van der Waals surface area contributed by atoms with Crippen LogP contribution in [0.15, 0.2) is 48.5 Å². The molecule has 6 nitrogen and oxygen atoms in total. The van der Waals surface area contributed by atoms with E-state index in [1.165, 1.54) is 12.8 Å². The average molecular weight is 393 g/mol. The quantitative estimate of drug-likeness (QED) is 0.755. The molecule has 0 unspecified atom stereocenters. The number of benzene rings is 2. The number of ether oxygens (including phenoxy) is 1. The maximum Gasteiger partial charge on any atom is 0.255 e. The van der Waals surface area contributed by atoms with Crippen LogP contribution in [0.3, 0.4) is 0 Å². The van der Waals surface area contributed by atoms with Crippen molar-refractivity contribution in [3.8, 4) is 5.75 Å². The Balaban J connectivity index is 1.30. The lowest BCUT2D eigenvalue weighted by Gasteiger charge is -2.32. The van der Waals surface area contributed by atoms with Crippen molar-refractivity contribution in [1.29, 1.82) is 0 Å². The number of piperidine rings is 1. The fourth-order valence-corrected chi connectivity index (χ4v) is 3.58. The van der Waals surface area contributed by atoms with Crippen LogP contribution in [-0.2, 0) is 4.79 Å². The van der Waals surface area contributed by atoms with E-state index in [0.717, 1.165) is 49.7 Å². The lowest BCUT2D eigenvalue weighted by atomic mass is 9.96. The van der Waals surface area contributed by atoms with E-state index < -0.39 is 0 Å². The molecule has 2 fully saturated rings. The van der Waals surface area contributed by atoms with Gasteiger partial charge in [-0.3, -0.25) is 9.59 Å². The molecule has 2 aliphatic rings. The minimum absolute atomic E-state index is 0.0182. The molecule has 4 rings (SSSR count). The van der Waals surface area contributed by atoms with Crippen LogP contribution in [-0.4, -0.2) is 31.5 Å². The van der Waals surface area contributed by atoms with Gasteiger partial charge in [0, 0.05) is 35.9 Å². The summed E-state index contributed by atoms with van der Waals surface area (Å²) in [6.07, 6.45) is 4.08. The maximum atomic E-state index is 12.5. The predicted molar refractivity (Wildman–Crippen MR) is 113 cm³/mol. The van der Waals surface area contributed by atoms with Gasteiger partial charge in [0.15, 0.2) is 0 Å². The number of hydrogen-bond acceptors (Lipinski definition) is 4. The highest BCUT2D eigenvalue weighted by Gasteiger charge is 2.23. The summed E-state index contributed by atoms with van der Waals surface area (Å²) in [5.74, 6) is 1.14. The Kier molecular flexibility index (Phi) is 5.69. The normalized spacial score (nSPS) is 17.0. The first-order chi connectivity index (χ1) is 14.1. The van der Waals surface area contributed by atoms with E-state index in [-0.39, 0.29) is 17.7 Å². The summed E-state index contributed by atoms with van der Waals surface area (Å²) < 4.78 is 5.71. The molecule has 0 radical (unpaired) electrons. The number of carbonyl (C=O) groups is 2. The van der Waals surface area contributed by atoms with Crippen LogP contribution in [0.5, 0.6) is 5.75 Å². The number of nitrogens with zero attached hydrogens (tertiary/aromatic N) is 1. The molecule has 1 heterocycles. The van der Waals surface area contributed by atoms with Gasteiger partial charge in [0.25, 0.3) is 5.91 Å². The highest BCUT2D eigenvalue weighted by Crippen LogP contribution is 2.29. The minimum atomic E-state index is -0.204. The van der Waals surface area contributed by atoms with Gasteiger partial charge in [0.1, 0.15) is 5.75 Å². The molecular weight excluding hydrogens is 366 g/mol. The van der Waals surface area contributed by atoms with E-state index in [1.54, 1.807) is 12.1 Å². The van der Waals surface area contributed by atoms with Gasteiger partial charge >= 0.3 is 0 Å². The van der Waals surface area contributed by atoms with Gasteiger partial charge in [-0.15, -0.1) is 0 Å². The summed E-state index contributed by atoms with van der Waals surface area (Å²) in [5, 5.41) is 2.93. The lowest BCUT2D eigenvalue weighted by Crippen LogP contribution is -2.38. The zero-order valence-corrected chi connectivity index (χ0v) is 16.5. The van der Waals surface area contributed by atoms with Gasteiger partial charge in [-0.2, -0.15) is 0 Å². The second-order valence-electron chi connectivity index (χ2n) is 7.94. The Morgan fingerprint density at radius 2 is 1.62 bits per heavy atom. The molecule has 29 heavy (non-hydrogen) atoms. The molecule has 0 bridgehead atoms. The molecule has 1 saturated heterocycles. The predicted octanol–water partition coefficient (Wildman–Crippen LogP) is 3.43. The average Bonchev–Trinajstić information content (AvgIpc) is 3.58. The molecule has 0 aromatic heterocycles. The SMILES string of the molecule is NC(=O)C1CCN(c2ccc(NC(=O)c3ccc(OCC4CC4)cc3)cc2)CC1. The topological polar surface area (TPSA) is 84.7 Å². The van der Waals surface area contributed by atoms with Crippen molar-refractivity contribution in [2.45, 2.75) is 25.7 Å². The van der Waals surface area contributed by atoms with Gasteiger partial charge in [-0.05, 0) is 80.1 Å². The maximum absolute atomic E-state index is 12.5. The second-order valence-corrected chi connectivity index (χ2v) is 7.94. The third-order valence-electron chi connectivity index (χ3n) is 5.69. The van der Waals surface area contributed by atoms with E-state index in [9.17, 15) is 9.59 Å². The van der Waals surface area contributed by atoms with Crippen LogP contribution >= 0.6 is 0 Å². The number of rotatable bonds is 7. The molecule has 2 aromatic carbocycles. The molecule has 2 aromatic rings. The molecule has 1 aliphatic carbocycles. The molecule has 6 heteroatoms.